The molecule has 1 N–H and O–H groups in total. The topological polar surface area (TPSA) is 58.4 Å². The molecular formula is C19H19N3O2. The number of para-hydroxylation sites is 1. The average molecular weight is 321 g/mol. The highest BCUT2D eigenvalue weighted by molar-refractivity contribution is 5.96. The number of benzene rings is 2. The minimum absolute atomic E-state index is 0.00544. The van der Waals surface area contributed by atoms with Gasteiger partial charge in [0.05, 0.1) is 18.3 Å². The standard InChI is InChI=1S/C19H19N3O2/c1-21(19(24)17-9-5-6-10-18(17)23)12-16-11-20-22(14-16)13-15-7-3-2-4-8-15/h2-11,14,23H,12-13H2,1H3. The molecule has 0 saturated heterocycles. The van der Waals surface area contributed by atoms with Crippen LogP contribution in [0.4, 0.5) is 0 Å². The molecule has 0 aliphatic rings. The van der Waals surface area contributed by atoms with E-state index in [0.29, 0.717) is 18.7 Å². The van der Waals surface area contributed by atoms with E-state index in [0.717, 1.165) is 5.56 Å². The molecule has 0 saturated carbocycles. The van der Waals surface area contributed by atoms with Crippen LogP contribution in [0.25, 0.3) is 0 Å². The van der Waals surface area contributed by atoms with Crippen LogP contribution in [-0.2, 0) is 13.1 Å². The normalized spacial score (nSPS) is 10.5. The molecule has 1 amide bonds. The van der Waals surface area contributed by atoms with E-state index in [9.17, 15) is 9.90 Å². The Morgan fingerprint density at radius 3 is 2.54 bits per heavy atom. The first-order chi connectivity index (χ1) is 11.6. The minimum atomic E-state index is -0.219. The van der Waals surface area contributed by atoms with Crippen molar-refractivity contribution in [1.82, 2.24) is 14.7 Å². The first-order valence-corrected chi connectivity index (χ1v) is 7.72. The lowest BCUT2D eigenvalue weighted by Crippen LogP contribution is -2.26. The number of hydrogen-bond donors (Lipinski definition) is 1. The molecular weight excluding hydrogens is 302 g/mol. The molecule has 5 nitrogen and oxygen atoms in total. The third kappa shape index (κ3) is 3.63. The predicted octanol–water partition coefficient (Wildman–Crippen LogP) is 2.91. The predicted molar refractivity (Wildman–Crippen MR) is 91.7 cm³/mol. The van der Waals surface area contributed by atoms with E-state index in [4.69, 9.17) is 0 Å². The second-order valence-corrected chi connectivity index (χ2v) is 5.71. The van der Waals surface area contributed by atoms with Gasteiger partial charge in [0.2, 0.25) is 0 Å². The van der Waals surface area contributed by atoms with Crippen molar-refractivity contribution in [1.29, 1.82) is 0 Å². The van der Waals surface area contributed by atoms with Crippen LogP contribution in [0.1, 0.15) is 21.5 Å². The lowest BCUT2D eigenvalue weighted by molar-refractivity contribution is 0.0782. The highest BCUT2D eigenvalue weighted by atomic mass is 16.3. The van der Waals surface area contributed by atoms with Crippen LogP contribution in [-0.4, -0.2) is 32.7 Å². The monoisotopic (exact) mass is 321 g/mol. The molecule has 2 aromatic carbocycles. The van der Waals surface area contributed by atoms with Crippen molar-refractivity contribution in [3.8, 4) is 5.75 Å². The van der Waals surface area contributed by atoms with Crippen molar-refractivity contribution in [2.75, 3.05) is 7.05 Å². The van der Waals surface area contributed by atoms with Crippen LogP contribution < -0.4 is 0 Å². The second kappa shape index (κ2) is 7.00. The number of carbonyl (C=O) groups excluding carboxylic acids is 1. The Balaban J connectivity index is 1.66. The van der Waals surface area contributed by atoms with E-state index in [1.54, 1.807) is 36.3 Å². The fourth-order valence-corrected chi connectivity index (χ4v) is 2.55. The van der Waals surface area contributed by atoms with Gasteiger partial charge in [-0.05, 0) is 17.7 Å². The van der Waals surface area contributed by atoms with E-state index >= 15 is 0 Å². The maximum Gasteiger partial charge on any atom is 0.257 e. The van der Waals surface area contributed by atoms with Crippen molar-refractivity contribution < 1.29 is 9.90 Å². The number of phenolic OH excluding ortho intramolecular Hbond substituents is 1. The van der Waals surface area contributed by atoms with Gasteiger partial charge >= 0.3 is 0 Å². The molecule has 122 valence electrons. The van der Waals surface area contributed by atoms with Crippen LogP contribution >= 0.6 is 0 Å². The average Bonchev–Trinajstić information content (AvgIpc) is 3.02. The zero-order valence-corrected chi connectivity index (χ0v) is 13.5. The van der Waals surface area contributed by atoms with Gasteiger partial charge < -0.3 is 10.0 Å². The van der Waals surface area contributed by atoms with Gasteiger partial charge in [-0.2, -0.15) is 5.10 Å². The molecule has 3 rings (SSSR count). The first-order valence-electron chi connectivity index (χ1n) is 7.72. The van der Waals surface area contributed by atoms with Gasteiger partial charge in [-0.15, -0.1) is 0 Å². The van der Waals surface area contributed by atoms with Gasteiger partial charge in [0.15, 0.2) is 0 Å². The van der Waals surface area contributed by atoms with Gasteiger partial charge in [0, 0.05) is 25.4 Å². The SMILES string of the molecule is CN(Cc1cnn(Cc2ccccc2)c1)C(=O)c1ccccc1O. The summed E-state index contributed by atoms with van der Waals surface area (Å²) >= 11 is 0. The summed E-state index contributed by atoms with van der Waals surface area (Å²) in [4.78, 5) is 14.0. The molecule has 0 aliphatic carbocycles. The van der Waals surface area contributed by atoms with E-state index in [1.807, 2.05) is 29.1 Å². The zero-order chi connectivity index (χ0) is 16.9. The van der Waals surface area contributed by atoms with Crippen molar-refractivity contribution in [3.63, 3.8) is 0 Å². The minimum Gasteiger partial charge on any atom is -0.507 e. The Labute approximate surface area is 140 Å². The van der Waals surface area contributed by atoms with Crippen LogP contribution in [0.5, 0.6) is 5.75 Å². The molecule has 0 spiro atoms. The Bertz CT molecular complexity index is 827. The highest BCUT2D eigenvalue weighted by Gasteiger charge is 2.16. The van der Waals surface area contributed by atoms with E-state index in [2.05, 4.69) is 17.2 Å². The third-order valence-corrected chi connectivity index (χ3v) is 3.78. The van der Waals surface area contributed by atoms with Gasteiger partial charge in [0.25, 0.3) is 5.91 Å². The van der Waals surface area contributed by atoms with Gasteiger partial charge in [0.1, 0.15) is 5.75 Å². The summed E-state index contributed by atoms with van der Waals surface area (Å²) in [5, 5.41) is 14.1. The Kier molecular flexibility index (Phi) is 4.61. The summed E-state index contributed by atoms with van der Waals surface area (Å²) in [6.07, 6.45) is 3.69. The van der Waals surface area contributed by atoms with Crippen molar-refractivity contribution >= 4 is 5.91 Å². The number of aromatic nitrogens is 2. The molecule has 5 heteroatoms. The van der Waals surface area contributed by atoms with Crippen molar-refractivity contribution in [2.45, 2.75) is 13.1 Å². The van der Waals surface area contributed by atoms with E-state index in [1.165, 1.54) is 11.6 Å². The summed E-state index contributed by atoms with van der Waals surface area (Å²) in [6, 6.07) is 16.6. The molecule has 0 fully saturated rings. The molecule has 0 radical (unpaired) electrons. The van der Waals surface area contributed by atoms with Crippen LogP contribution in [0.2, 0.25) is 0 Å². The van der Waals surface area contributed by atoms with Crippen LogP contribution in [0.3, 0.4) is 0 Å². The third-order valence-electron chi connectivity index (χ3n) is 3.78. The summed E-state index contributed by atoms with van der Waals surface area (Å²) in [7, 11) is 1.71. The van der Waals surface area contributed by atoms with Gasteiger partial charge in [-0.3, -0.25) is 9.48 Å². The largest absolute Gasteiger partial charge is 0.507 e. The number of nitrogens with zero attached hydrogens (tertiary/aromatic N) is 3. The molecule has 0 aliphatic heterocycles. The van der Waals surface area contributed by atoms with E-state index < -0.39 is 0 Å². The number of rotatable bonds is 5. The number of aromatic hydroxyl groups is 1. The maximum absolute atomic E-state index is 12.4. The molecule has 0 unspecified atom stereocenters. The smallest absolute Gasteiger partial charge is 0.257 e. The summed E-state index contributed by atoms with van der Waals surface area (Å²) in [5.41, 5.74) is 2.42. The summed E-state index contributed by atoms with van der Waals surface area (Å²) in [6.45, 7) is 1.12. The highest BCUT2D eigenvalue weighted by Crippen LogP contribution is 2.18. The molecule has 24 heavy (non-hydrogen) atoms. The molecule has 0 bridgehead atoms. The molecule has 3 aromatic rings. The summed E-state index contributed by atoms with van der Waals surface area (Å²) in [5.74, 6) is -0.224. The molecule has 1 heterocycles. The first kappa shape index (κ1) is 15.8. The van der Waals surface area contributed by atoms with Gasteiger partial charge in [-0.25, -0.2) is 0 Å². The second-order valence-electron chi connectivity index (χ2n) is 5.71. The number of amides is 1. The quantitative estimate of drug-likeness (QED) is 0.786. The lowest BCUT2D eigenvalue weighted by Gasteiger charge is -2.16. The van der Waals surface area contributed by atoms with Crippen LogP contribution in [0.15, 0.2) is 67.0 Å². The fraction of sp³-hybridized carbons (Fsp3) is 0.158. The summed E-state index contributed by atoms with van der Waals surface area (Å²) < 4.78 is 1.85. The maximum atomic E-state index is 12.4. The van der Waals surface area contributed by atoms with Crippen molar-refractivity contribution in [3.05, 3.63) is 83.7 Å². The number of phenols is 1. The molecule has 0 atom stereocenters. The zero-order valence-electron chi connectivity index (χ0n) is 13.5. The van der Waals surface area contributed by atoms with Crippen LogP contribution in [0, 0.1) is 0 Å². The molecule has 1 aromatic heterocycles. The van der Waals surface area contributed by atoms with E-state index in [-0.39, 0.29) is 11.7 Å². The Hall–Kier alpha value is -3.08. The number of hydrogen-bond acceptors (Lipinski definition) is 3. The van der Waals surface area contributed by atoms with Crippen molar-refractivity contribution in [2.24, 2.45) is 0 Å². The lowest BCUT2D eigenvalue weighted by atomic mass is 10.1. The fourth-order valence-electron chi connectivity index (χ4n) is 2.55. The van der Waals surface area contributed by atoms with Gasteiger partial charge in [-0.1, -0.05) is 42.5 Å². The Morgan fingerprint density at radius 1 is 1.08 bits per heavy atom. The Morgan fingerprint density at radius 2 is 1.79 bits per heavy atom. The number of carbonyl (C=O) groups is 1.